The average Bonchev–Trinajstić information content (AvgIpc) is 3.81. The van der Waals surface area contributed by atoms with Crippen LogP contribution in [0.1, 0.15) is 55.3 Å². The molecule has 49 heavy (non-hydrogen) atoms. The molecule has 2 N–H and O–H groups in total. The minimum atomic E-state index is -4.68. The molecule has 0 aliphatic rings. The van der Waals surface area contributed by atoms with Crippen LogP contribution in [0.4, 0.5) is 38.2 Å². The van der Waals surface area contributed by atoms with Gasteiger partial charge in [0.2, 0.25) is 23.5 Å². The summed E-state index contributed by atoms with van der Waals surface area (Å²) in [7, 11) is 0. The molecule has 6 rings (SSSR count). The normalized spacial score (nSPS) is 12.8. The number of alkyl halides is 6. The summed E-state index contributed by atoms with van der Waals surface area (Å²) in [4.78, 5) is 23.0. The molecule has 254 valence electrons. The Morgan fingerprint density at radius 2 is 1.02 bits per heavy atom. The van der Waals surface area contributed by atoms with E-state index in [0.717, 1.165) is 17.5 Å². The maximum Gasteiger partial charge on any atom is 0.471 e. The Morgan fingerprint density at radius 1 is 0.612 bits per heavy atom. The van der Waals surface area contributed by atoms with E-state index >= 15 is 0 Å². The van der Waals surface area contributed by atoms with Crippen molar-refractivity contribution in [2.45, 2.75) is 44.7 Å². The van der Waals surface area contributed by atoms with Crippen LogP contribution in [0, 0.1) is 0 Å². The Kier molecular flexibility index (Phi) is 10.4. The number of aromatic nitrogens is 8. The van der Waals surface area contributed by atoms with Gasteiger partial charge in [0, 0.05) is 24.8 Å². The smallest absolute Gasteiger partial charge is 0.348 e. The van der Waals surface area contributed by atoms with Gasteiger partial charge >= 0.3 is 24.1 Å². The van der Waals surface area contributed by atoms with Gasteiger partial charge in [0.15, 0.2) is 0 Å². The van der Waals surface area contributed by atoms with Crippen molar-refractivity contribution in [2.24, 2.45) is 0 Å². The third-order valence-corrected chi connectivity index (χ3v) is 6.72. The second-order valence-electron chi connectivity index (χ2n) is 10.2. The van der Waals surface area contributed by atoms with Crippen LogP contribution in [0.5, 0.6) is 0 Å². The molecule has 2 aromatic carbocycles. The van der Waals surface area contributed by atoms with Crippen molar-refractivity contribution in [1.82, 2.24) is 40.2 Å². The van der Waals surface area contributed by atoms with Crippen molar-refractivity contribution >= 4 is 11.9 Å². The third kappa shape index (κ3) is 9.11. The second-order valence-corrected chi connectivity index (χ2v) is 10.2. The van der Waals surface area contributed by atoms with E-state index in [1.54, 1.807) is 0 Å². The Labute approximate surface area is 274 Å². The molecule has 18 heteroatoms. The molecule has 0 amide bonds. The van der Waals surface area contributed by atoms with Gasteiger partial charge in [0.25, 0.3) is 0 Å². The Morgan fingerprint density at radius 3 is 1.41 bits per heavy atom. The molecule has 0 fully saturated rings. The van der Waals surface area contributed by atoms with Crippen LogP contribution >= 0.6 is 0 Å². The van der Waals surface area contributed by atoms with Crippen molar-refractivity contribution in [3.63, 3.8) is 0 Å². The molecule has 12 nitrogen and oxygen atoms in total. The van der Waals surface area contributed by atoms with Gasteiger partial charge in [0.05, 0.1) is 23.2 Å². The molecular weight excluding hydrogens is 658 g/mol. The molecule has 0 spiro atoms. The molecular formula is C31H26F6N10O2. The molecule has 0 aliphatic heterocycles. The average molecular weight is 685 g/mol. The number of rotatable bonds is 9. The Bertz CT molecular complexity index is 1900. The maximum absolute atomic E-state index is 12.5. The van der Waals surface area contributed by atoms with E-state index in [0.29, 0.717) is 11.9 Å². The summed E-state index contributed by atoms with van der Waals surface area (Å²) >= 11 is 0. The van der Waals surface area contributed by atoms with Crippen molar-refractivity contribution < 1.29 is 35.4 Å². The first kappa shape index (κ1) is 34.4. The van der Waals surface area contributed by atoms with Gasteiger partial charge < -0.3 is 19.7 Å². The number of nitrogens with one attached hydrogen (secondary N) is 2. The highest BCUT2D eigenvalue weighted by Crippen LogP contribution is 2.30. The van der Waals surface area contributed by atoms with Crippen LogP contribution < -0.4 is 10.6 Å². The highest BCUT2D eigenvalue weighted by Gasteiger charge is 2.39. The summed E-state index contributed by atoms with van der Waals surface area (Å²) in [6, 6.07) is 19.5. The molecule has 4 heterocycles. The highest BCUT2D eigenvalue weighted by molar-refractivity contribution is 5.53. The summed E-state index contributed by atoms with van der Waals surface area (Å²) in [6.45, 7) is 3.97. The first-order valence-electron chi connectivity index (χ1n) is 14.5. The lowest BCUT2D eigenvalue weighted by Crippen LogP contribution is -2.11. The van der Waals surface area contributed by atoms with Crippen molar-refractivity contribution in [2.75, 3.05) is 10.6 Å². The Hall–Kier alpha value is -5.94. The second kappa shape index (κ2) is 14.9. The number of nitrogens with zero attached hydrogens (tertiary/aromatic N) is 8. The highest BCUT2D eigenvalue weighted by atomic mass is 19.4. The molecule has 2 unspecified atom stereocenters. The van der Waals surface area contributed by atoms with Crippen LogP contribution in [-0.2, 0) is 12.4 Å². The van der Waals surface area contributed by atoms with Gasteiger partial charge in [-0.25, -0.2) is 19.9 Å². The lowest BCUT2D eigenvalue weighted by Gasteiger charge is -2.17. The molecule has 2 atom stereocenters. The van der Waals surface area contributed by atoms with E-state index in [1.165, 1.54) is 24.8 Å². The summed E-state index contributed by atoms with van der Waals surface area (Å²) in [5.74, 6) is -2.54. The topological polar surface area (TPSA) is 153 Å². The van der Waals surface area contributed by atoms with E-state index in [9.17, 15) is 26.3 Å². The zero-order chi connectivity index (χ0) is 35.0. The fourth-order valence-corrected chi connectivity index (χ4v) is 4.23. The standard InChI is InChI=1S/C16H14F3N5O.C15H12F3N5O/c1-2-12(10-6-4-3-5-7-10)22-15-20-8-11(9-21-15)13-23-14(25-24-13)16(17,18)19;1-9(10-5-3-2-4-6-10)21-14-19-7-11(8-20-14)12-22-13(24-23-12)15(16,17)18/h3-9,12H,2H2,1H3,(H,20,21,22);2-9H,1H3,(H,19,20,21). The molecule has 0 radical (unpaired) electrons. The van der Waals surface area contributed by atoms with Gasteiger partial charge in [0.1, 0.15) is 0 Å². The Balaban J connectivity index is 0.000000191. The predicted molar refractivity (Wildman–Crippen MR) is 162 cm³/mol. The van der Waals surface area contributed by atoms with Crippen LogP contribution in [0.25, 0.3) is 22.8 Å². The molecule has 0 bridgehead atoms. The van der Waals surface area contributed by atoms with Crippen molar-refractivity contribution in [3.8, 4) is 22.8 Å². The summed E-state index contributed by atoms with van der Waals surface area (Å²) < 4.78 is 83.2. The number of benzene rings is 2. The van der Waals surface area contributed by atoms with Crippen LogP contribution in [0.15, 0.2) is 94.5 Å². The van der Waals surface area contributed by atoms with E-state index < -0.39 is 24.1 Å². The molecule has 0 aliphatic carbocycles. The molecule has 4 aromatic heterocycles. The van der Waals surface area contributed by atoms with Crippen LogP contribution in [0.3, 0.4) is 0 Å². The zero-order valence-electron chi connectivity index (χ0n) is 25.6. The van der Waals surface area contributed by atoms with Crippen LogP contribution in [-0.4, -0.2) is 40.2 Å². The van der Waals surface area contributed by atoms with Crippen molar-refractivity contribution in [3.05, 3.63) is 108 Å². The summed E-state index contributed by atoms with van der Waals surface area (Å²) in [6.07, 6.45) is -3.20. The SMILES string of the molecule is CC(Nc1ncc(-c2noc(C(F)(F)F)n2)cn1)c1ccccc1.CCC(Nc1ncc(-c2noc(C(F)(F)F)n2)cn1)c1ccccc1. The first-order valence-corrected chi connectivity index (χ1v) is 14.5. The van der Waals surface area contributed by atoms with Gasteiger partial charge in [-0.3, -0.25) is 0 Å². The van der Waals surface area contributed by atoms with Gasteiger partial charge in [-0.2, -0.15) is 36.3 Å². The minimum absolute atomic E-state index is 0.0223. The number of hydrogen-bond acceptors (Lipinski definition) is 12. The largest absolute Gasteiger partial charge is 0.471 e. The van der Waals surface area contributed by atoms with Crippen molar-refractivity contribution in [1.29, 1.82) is 0 Å². The number of anilines is 2. The number of hydrogen-bond donors (Lipinski definition) is 2. The summed E-state index contributed by atoms with van der Waals surface area (Å²) in [5, 5.41) is 12.9. The first-order chi connectivity index (χ1) is 23.4. The van der Waals surface area contributed by atoms with E-state index in [2.05, 4.69) is 59.9 Å². The molecule has 0 saturated heterocycles. The number of halogens is 6. The quantitative estimate of drug-likeness (QED) is 0.143. The van der Waals surface area contributed by atoms with Gasteiger partial charge in [-0.1, -0.05) is 77.9 Å². The molecule has 0 saturated carbocycles. The monoisotopic (exact) mass is 684 g/mol. The van der Waals surface area contributed by atoms with Gasteiger partial charge in [-0.05, 0) is 24.5 Å². The lowest BCUT2D eigenvalue weighted by atomic mass is 10.1. The summed E-state index contributed by atoms with van der Waals surface area (Å²) in [5.41, 5.74) is 2.61. The fourth-order valence-electron chi connectivity index (χ4n) is 4.23. The van der Waals surface area contributed by atoms with E-state index in [1.807, 2.05) is 74.5 Å². The van der Waals surface area contributed by atoms with Crippen LogP contribution in [0.2, 0.25) is 0 Å². The zero-order valence-corrected chi connectivity index (χ0v) is 25.6. The maximum atomic E-state index is 12.5. The predicted octanol–water partition coefficient (Wildman–Crippen LogP) is 7.83. The molecule has 6 aromatic rings. The van der Waals surface area contributed by atoms with Gasteiger partial charge in [-0.15, -0.1) is 0 Å². The minimum Gasteiger partial charge on any atom is -0.348 e. The third-order valence-electron chi connectivity index (χ3n) is 6.72. The van der Waals surface area contributed by atoms with E-state index in [-0.39, 0.29) is 34.9 Å². The fraction of sp³-hybridized carbons (Fsp3) is 0.226. The van der Waals surface area contributed by atoms with E-state index in [4.69, 9.17) is 0 Å². The lowest BCUT2D eigenvalue weighted by molar-refractivity contribution is -0.160.